The summed E-state index contributed by atoms with van der Waals surface area (Å²) in [7, 11) is 3.46. The van der Waals surface area contributed by atoms with E-state index >= 15 is 0 Å². The highest BCUT2D eigenvalue weighted by Crippen LogP contribution is 2.40. The van der Waals surface area contributed by atoms with Crippen molar-refractivity contribution >= 4 is 22.8 Å². The molecular formula is C20H23N5O3. The molecule has 1 N–H and O–H groups in total. The smallest absolute Gasteiger partial charge is 0.254 e. The Bertz CT molecular complexity index is 1030. The maximum absolute atomic E-state index is 13.1. The topological polar surface area (TPSA) is 93.3 Å². The largest absolute Gasteiger partial charge is 0.467 e. The first-order valence-electron chi connectivity index (χ1n) is 9.33. The third-order valence-electron chi connectivity index (χ3n) is 4.98. The van der Waals surface area contributed by atoms with Gasteiger partial charge in [-0.05, 0) is 38.0 Å². The normalized spacial score (nSPS) is 13.7. The zero-order chi connectivity index (χ0) is 19.8. The van der Waals surface area contributed by atoms with Gasteiger partial charge >= 0.3 is 0 Å². The number of rotatable bonds is 6. The number of likely N-dealkylation sites (N-methyl/N-ethyl adjacent to an activating group) is 1. The monoisotopic (exact) mass is 381 g/mol. The van der Waals surface area contributed by atoms with Gasteiger partial charge in [0.1, 0.15) is 5.76 Å². The number of carbonyl (C=O) groups excluding carboxylic acids is 2. The van der Waals surface area contributed by atoms with E-state index in [4.69, 9.17) is 9.40 Å². The van der Waals surface area contributed by atoms with Gasteiger partial charge in [0.2, 0.25) is 5.91 Å². The molecule has 0 aromatic carbocycles. The molecule has 3 aromatic rings. The summed E-state index contributed by atoms with van der Waals surface area (Å²) in [5, 5.41) is 7.93. The van der Waals surface area contributed by atoms with Crippen molar-refractivity contribution in [3.63, 3.8) is 0 Å². The van der Waals surface area contributed by atoms with E-state index in [0.29, 0.717) is 29.4 Å². The first kappa shape index (κ1) is 18.2. The molecule has 8 nitrogen and oxygen atoms in total. The molecule has 0 unspecified atom stereocenters. The van der Waals surface area contributed by atoms with E-state index in [9.17, 15) is 9.59 Å². The van der Waals surface area contributed by atoms with Crippen LogP contribution in [0.25, 0.3) is 11.0 Å². The molecule has 0 radical (unpaired) electrons. The van der Waals surface area contributed by atoms with Crippen LogP contribution in [0.3, 0.4) is 0 Å². The second kappa shape index (κ2) is 7.10. The fourth-order valence-electron chi connectivity index (χ4n) is 3.37. The third kappa shape index (κ3) is 3.49. The van der Waals surface area contributed by atoms with E-state index in [1.165, 1.54) is 4.90 Å². The number of nitrogens with zero attached hydrogens (tertiary/aromatic N) is 4. The number of nitrogens with one attached hydrogen (secondary N) is 1. The van der Waals surface area contributed by atoms with E-state index < -0.39 is 0 Å². The molecule has 3 heterocycles. The Labute approximate surface area is 162 Å². The molecule has 28 heavy (non-hydrogen) atoms. The number of fused-ring (bicyclic) bond motifs is 1. The van der Waals surface area contributed by atoms with Crippen molar-refractivity contribution in [2.75, 3.05) is 13.6 Å². The van der Waals surface area contributed by atoms with Crippen LogP contribution in [-0.4, -0.2) is 45.1 Å². The van der Waals surface area contributed by atoms with Gasteiger partial charge in [-0.15, -0.1) is 0 Å². The molecule has 3 aromatic heterocycles. The Morgan fingerprint density at radius 1 is 1.39 bits per heavy atom. The predicted octanol–water partition coefficient (Wildman–Crippen LogP) is 2.14. The van der Waals surface area contributed by atoms with Gasteiger partial charge in [-0.25, -0.2) is 4.98 Å². The molecule has 0 atom stereocenters. The summed E-state index contributed by atoms with van der Waals surface area (Å²) < 4.78 is 6.91. The number of aryl methyl sites for hydroxylation is 2. The summed E-state index contributed by atoms with van der Waals surface area (Å²) >= 11 is 0. The van der Waals surface area contributed by atoms with E-state index in [0.717, 1.165) is 29.6 Å². The SMILES string of the molecule is Cc1nn(C)c2nc(C3CC3)cc(C(=O)N(C)CC(=O)NCc3ccco3)c12. The van der Waals surface area contributed by atoms with E-state index in [1.54, 1.807) is 30.1 Å². The minimum absolute atomic E-state index is 0.0402. The maximum atomic E-state index is 13.1. The Morgan fingerprint density at radius 3 is 2.86 bits per heavy atom. The summed E-state index contributed by atoms with van der Waals surface area (Å²) in [5.41, 5.74) is 2.95. The zero-order valence-corrected chi connectivity index (χ0v) is 16.2. The molecule has 0 bridgehead atoms. The minimum Gasteiger partial charge on any atom is -0.467 e. The fraction of sp³-hybridized carbons (Fsp3) is 0.400. The van der Waals surface area contributed by atoms with Crippen LogP contribution in [-0.2, 0) is 18.4 Å². The van der Waals surface area contributed by atoms with Crippen molar-refractivity contribution in [1.29, 1.82) is 0 Å². The van der Waals surface area contributed by atoms with E-state index in [1.807, 2.05) is 20.0 Å². The lowest BCUT2D eigenvalue weighted by atomic mass is 10.1. The van der Waals surface area contributed by atoms with Crippen LogP contribution >= 0.6 is 0 Å². The van der Waals surface area contributed by atoms with Crippen molar-refractivity contribution < 1.29 is 14.0 Å². The minimum atomic E-state index is -0.247. The first-order valence-corrected chi connectivity index (χ1v) is 9.33. The molecule has 0 aliphatic heterocycles. The summed E-state index contributed by atoms with van der Waals surface area (Å²) in [5.74, 6) is 0.618. The van der Waals surface area contributed by atoms with Crippen molar-refractivity contribution in [3.05, 3.63) is 47.2 Å². The van der Waals surface area contributed by atoms with E-state index in [2.05, 4.69) is 10.4 Å². The van der Waals surface area contributed by atoms with E-state index in [-0.39, 0.29) is 18.4 Å². The maximum Gasteiger partial charge on any atom is 0.254 e. The molecule has 1 fully saturated rings. The Kier molecular flexibility index (Phi) is 4.62. The lowest BCUT2D eigenvalue weighted by Gasteiger charge is -2.18. The number of hydrogen-bond donors (Lipinski definition) is 1. The van der Waals surface area contributed by atoms with Crippen LogP contribution < -0.4 is 5.32 Å². The highest BCUT2D eigenvalue weighted by molar-refractivity contribution is 6.07. The van der Waals surface area contributed by atoms with Gasteiger partial charge in [-0.2, -0.15) is 5.10 Å². The molecule has 1 aliphatic rings. The number of carbonyl (C=O) groups is 2. The van der Waals surface area contributed by atoms with Gasteiger partial charge in [-0.3, -0.25) is 14.3 Å². The number of furan rings is 1. The third-order valence-corrected chi connectivity index (χ3v) is 4.98. The molecule has 0 saturated heterocycles. The average Bonchev–Trinajstić information content (AvgIpc) is 3.31. The molecular weight excluding hydrogens is 358 g/mol. The Hall–Kier alpha value is -3.16. The lowest BCUT2D eigenvalue weighted by Crippen LogP contribution is -2.38. The van der Waals surface area contributed by atoms with Gasteiger partial charge in [0, 0.05) is 25.7 Å². The highest BCUT2D eigenvalue weighted by atomic mass is 16.3. The molecule has 2 amide bonds. The van der Waals surface area contributed by atoms with Crippen molar-refractivity contribution in [2.45, 2.75) is 32.2 Å². The summed E-state index contributed by atoms with van der Waals surface area (Å²) in [6, 6.07) is 5.42. The van der Waals surface area contributed by atoms with Gasteiger partial charge in [0.25, 0.3) is 5.91 Å². The summed E-state index contributed by atoms with van der Waals surface area (Å²) in [6.07, 6.45) is 3.74. The average molecular weight is 381 g/mol. The fourth-order valence-corrected chi connectivity index (χ4v) is 3.37. The lowest BCUT2D eigenvalue weighted by molar-refractivity contribution is -0.121. The van der Waals surface area contributed by atoms with Crippen LogP contribution in [0.1, 0.15) is 46.3 Å². The quantitative estimate of drug-likeness (QED) is 0.706. The Morgan fingerprint density at radius 2 is 2.18 bits per heavy atom. The number of hydrogen-bond acceptors (Lipinski definition) is 5. The van der Waals surface area contributed by atoms with Crippen LogP contribution in [0.15, 0.2) is 28.9 Å². The van der Waals surface area contributed by atoms with Gasteiger partial charge < -0.3 is 14.6 Å². The highest BCUT2D eigenvalue weighted by Gasteiger charge is 2.29. The predicted molar refractivity (Wildman–Crippen MR) is 103 cm³/mol. The number of amides is 2. The standard InChI is InChI=1S/C20H23N5O3/c1-12-18-15(9-16(13-6-7-13)22-19(18)25(3)23-12)20(27)24(2)11-17(26)21-10-14-5-4-8-28-14/h4-5,8-9,13H,6-7,10-11H2,1-3H3,(H,21,26). The zero-order valence-electron chi connectivity index (χ0n) is 16.2. The van der Waals surface area contributed by atoms with Crippen molar-refractivity contribution in [3.8, 4) is 0 Å². The van der Waals surface area contributed by atoms with Crippen LogP contribution in [0.2, 0.25) is 0 Å². The first-order chi connectivity index (χ1) is 13.4. The van der Waals surface area contributed by atoms with Crippen molar-refractivity contribution in [1.82, 2.24) is 25.0 Å². The molecule has 8 heteroatoms. The second-order valence-corrected chi connectivity index (χ2v) is 7.29. The molecule has 1 saturated carbocycles. The van der Waals surface area contributed by atoms with Crippen LogP contribution in [0, 0.1) is 6.92 Å². The van der Waals surface area contributed by atoms with Gasteiger partial charge in [0.05, 0.1) is 36.0 Å². The van der Waals surface area contributed by atoms with Crippen LogP contribution in [0.5, 0.6) is 0 Å². The Balaban J connectivity index is 1.54. The number of aromatic nitrogens is 3. The summed E-state index contributed by atoms with van der Waals surface area (Å²) in [4.78, 5) is 31.5. The van der Waals surface area contributed by atoms with Gasteiger partial charge in [-0.1, -0.05) is 0 Å². The van der Waals surface area contributed by atoms with Gasteiger partial charge in [0.15, 0.2) is 5.65 Å². The molecule has 4 rings (SSSR count). The number of pyridine rings is 1. The second-order valence-electron chi connectivity index (χ2n) is 7.29. The van der Waals surface area contributed by atoms with Crippen LogP contribution in [0.4, 0.5) is 0 Å². The molecule has 1 aliphatic carbocycles. The summed E-state index contributed by atoms with van der Waals surface area (Å²) in [6.45, 7) is 2.12. The molecule has 146 valence electrons. The van der Waals surface area contributed by atoms with Crippen molar-refractivity contribution in [2.24, 2.45) is 7.05 Å². The molecule has 0 spiro atoms.